The third kappa shape index (κ3) is 0.934. The largest absolute Gasteiger partial charge is 0.245 e. The molecule has 2 heteroatoms. The molecule has 2 nitrogen and oxygen atoms in total. The molecule has 0 radical (unpaired) electrons. The lowest BCUT2D eigenvalue weighted by molar-refractivity contribution is 0.526. The van der Waals surface area contributed by atoms with Crippen LogP contribution in [0.4, 0.5) is 0 Å². The van der Waals surface area contributed by atoms with E-state index >= 15 is 0 Å². The zero-order chi connectivity index (χ0) is 7.84. The van der Waals surface area contributed by atoms with Crippen LogP contribution in [0.25, 0.3) is 0 Å². The molecule has 0 saturated carbocycles. The second-order valence-corrected chi connectivity index (χ2v) is 3.40. The molecule has 0 aliphatic heterocycles. The van der Waals surface area contributed by atoms with E-state index in [1.54, 1.807) is 6.33 Å². The molecule has 1 aliphatic carbocycles. The van der Waals surface area contributed by atoms with Crippen LogP contribution < -0.4 is 0 Å². The summed E-state index contributed by atoms with van der Waals surface area (Å²) in [6.45, 7) is 4.51. The summed E-state index contributed by atoms with van der Waals surface area (Å²) in [6.07, 6.45) is 4.74. The highest BCUT2D eigenvalue weighted by Crippen LogP contribution is 2.34. The molecule has 0 amide bonds. The molecule has 1 aromatic rings. The number of nitrogens with zero attached hydrogens (tertiary/aromatic N) is 2. The average Bonchev–Trinajstić information content (AvgIpc) is 2.30. The maximum absolute atomic E-state index is 4.28. The second kappa shape index (κ2) is 2.29. The van der Waals surface area contributed by atoms with Crippen molar-refractivity contribution in [2.75, 3.05) is 0 Å². The van der Waals surface area contributed by atoms with E-state index in [0.29, 0.717) is 5.92 Å². The molecular weight excluding hydrogens is 136 g/mol. The first-order valence-corrected chi connectivity index (χ1v) is 4.08. The molecule has 0 bridgehead atoms. The van der Waals surface area contributed by atoms with Crippen molar-refractivity contribution in [2.45, 2.75) is 26.2 Å². The first kappa shape index (κ1) is 6.77. The van der Waals surface area contributed by atoms with E-state index in [2.05, 4.69) is 23.8 Å². The molecule has 2 rings (SSSR count). The Morgan fingerprint density at radius 1 is 1.45 bits per heavy atom. The van der Waals surface area contributed by atoms with Gasteiger partial charge in [0.15, 0.2) is 0 Å². The summed E-state index contributed by atoms with van der Waals surface area (Å²) >= 11 is 0. The van der Waals surface area contributed by atoms with Crippen LogP contribution in [0.15, 0.2) is 12.5 Å². The lowest BCUT2D eigenvalue weighted by Crippen LogP contribution is -1.98. The fourth-order valence-electron chi connectivity index (χ4n) is 1.73. The quantitative estimate of drug-likeness (QED) is 0.560. The third-order valence-corrected chi connectivity index (χ3v) is 2.65. The van der Waals surface area contributed by atoms with Gasteiger partial charge in [0.2, 0.25) is 0 Å². The summed E-state index contributed by atoms with van der Waals surface area (Å²) in [5.41, 5.74) is 2.60. The molecule has 2 atom stereocenters. The van der Waals surface area contributed by atoms with Crippen LogP contribution in [0.2, 0.25) is 0 Å². The van der Waals surface area contributed by atoms with Crippen molar-refractivity contribution in [3.63, 3.8) is 0 Å². The minimum Gasteiger partial charge on any atom is -0.245 e. The highest BCUT2D eigenvalue weighted by Gasteiger charge is 2.26. The van der Waals surface area contributed by atoms with Crippen LogP contribution >= 0.6 is 0 Å². The standard InChI is InChI=1S/C9H12N2/c1-6-3-8-4-10-5-11-9(8)7(6)2/h4-7H,3H2,1-2H3. The maximum atomic E-state index is 4.28. The van der Waals surface area contributed by atoms with Crippen molar-refractivity contribution in [2.24, 2.45) is 5.92 Å². The monoisotopic (exact) mass is 148 g/mol. The minimum absolute atomic E-state index is 0.619. The summed E-state index contributed by atoms with van der Waals surface area (Å²) in [4.78, 5) is 8.29. The van der Waals surface area contributed by atoms with Crippen LogP contribution in [0.5, 0.6) is 0 Å². The Morgan fingerprint density at radius 3 is 3.00 bits per heavy atom. The lowest BCUT2D eigenvalue weighted by atomic mass is 9.99. The van der Waals surface area contributed by atoms with E-state index in [0.717, 1.165) is 12.3 Å². The van der Waals surface area contributed by atoms with Gasteiger partial charge in [0, 0.05) is 12.1 Å². The van der Waals surface area contributed by atoms with Gasteiger partial charge in [-0.1, -0.05) is 13.8 Å². The van der Waals surface area contributed by atoms with Crippen LogP contribution in [0.3, 0.4) is 0 Å². The molecule has 58 valence electrons. The fourth-order valence-corrected chi connectivity index (χ4v) is 1.73. The van der Waals surface area contributed by atoms with Gasteiger partial charge in [-0.2, -0.15) is 0 Å². The molecular formula is C9H12N2. The van der Waals surface area contributed by atoms with Crippen molar-refractivity contribution >= 4 is 0 Å². The number of hydrogen-bond donors (Lipinski definition) is 0. The number of fused-ring (bicyclic) bond motifs is 1. The van der Waals surface area contributed by atoms with Gasteiger partial charge < -0.3 is 0 Å². The van der Waals surface area contributed by atoms with Crippen LogP contribution in [-0.2, 0) is 6.42 Å². The first-order chi connectivity index (χ1) is 5.29. The molecule has 1 aromatic heterocycles. The molecule has 1 heterocycles. The number of aromatic nitrogens is 2. The Balaban J connectivity index is 2.47. The molecule has 0 N–H and O–H groups in total. The summed E-state index contributed by atoms with van der Waals surface area (Å²) in [5.74, 6) is 1.36. The van der Waals surface area contributed by atoms with Crippen molar-refractivity contribution in [3.8, 4) is 0 Å². The summed E-state index contributed by atoms with van der Waals surface area (Å²) in [6, 6.07) is 0. The number of rotatable bonds is 0. The fraction of sp³-hybridized carbons (Fsp3) is 0.556. The van der Waals surface area contributed by atoms with Gasteiger partial charge in [0.05, 0.1) is 5.69 Å². The van der Waals surface area contributed by atoms with Crippen molar-refractivity contribution < 1.29 is 0 Å². The molecule has 0 spiro atoms. The summed E-state index contributed by atoms with van der Waals surface area (Å²) < 4.78 is 0. The Morgan fingerprint density at radius 2 is 2.27 bits per heavy atom. The molecule has 0 aromatic carbocycles. The van der Waals surface area contributed by atoms with Gasteiger partial charge in [-0.05, 0) is 17.9 Å². The van der Waals surface area contributed by atoms with Gasteiger partial charge in [-0.15, -0.1) is 0 Å². The van der Waals surface area contributed by atoms with E-state index in [1.807, 2.05) is 6.20 Å². The predicted octanol–water partition coefficient (Wildman–Crippen LogP) is 1.77. The minimum atomic E-state index is 0.619. The number of hydrogen-bond acceptors (Lipinski definition) is 2. The Labute approximate surface area is 66.7 Å². The summed E-state index contributed by atoms with van der Waals surface area (Å²) in [7, 11) is 0. The molecule has 2 unspecified atom stereocenters. The highest BCUT2D eigenvalue weighted by molar-refractivity contribution is 5.26. The highest BCUT2D eigenvalue weighted by atomic mass is 14.8. The van der Waals surface area contributed by atoms with Crippen LogP contribution in [-0.4, -0.2) is 9.97 Å². The second-order valence-electron chi connectivity index (χ2n) is 3.40. The molecule has 11 heavy (non-hydrogen) atoms. The van der Waals surface area contributed by atoms with E-state index in [-0.39, 0.29) is 0 Å². The topological polar surface area (TPSA) is 25.8 Å². The van der Waals surface area contributed by atoms with Crippen molar-refractivity contribution in [1.29, 1.82) is 0 Å². The Bertz CT molecular complexity index is 270. The van der Waals surface area contributed by atoms with Crippen LogP contribution in [0, 0.1) is 5.92 Å². The average molecular weight is 148 g/mol. The molecule has 1 aliphatic rings. The van der Waals surface area contributed by atoms with Gasteiger partial charge in [-0.25, -0.2) is 9.97 Å². The maximum Gasteiger partial charge on any atom is 0.115 e. The smallest absolute Gasteiger partial charge is 0.115 e. The molecule has 0 fully saturated rings. The van der Waals surface area contributed by atoms with E-state index in [1.165, 1.54) is 11.3 Å². The van der Waals surface area contributed by atoms with Gasteiger partial charge in [0.1, 0.15) is 6.33 Å². The third-order valence-electron chi connectivity index (χ3n) is 2.65. The first-order valence-electron chi connectivity index (χ1n) is 4.08. The SMILES string of the molecule is CC1Cc2cncnc2C1C. The Hall–Kier alpha value is -0.920. The normalized spacial score (nSPS) is 28.5. The Kier molecular flexibility index (Phi) is 1.41. The van der Waals surface area contributed by atoms with E-state index in [9.17, 15) is 0 Å². The van der Waals surface area contributed by atoms with Crippen molar-refractivity contribution in [1.82, 2.24) is 9.97 Å². The molecule has 0 saturated heterocycles. The van der Waals surface area contributed by atoms with Crippen LogP contribution in [0.1, 0.15) is 31.0 Å². The van der Waals surface area contributed by atoms with Gasteiger partial charge >= 0.3 is 0 Å². The zero-order valence-corrected chi connectivity index (χ0v) is 6.91. The van der Waals surface area contributed by atoms with Crippen molar-refractivity contribution in [3.05, 3.63) is 23.8 Å². The lowest BCUT2D eigenvalue weighted by Gasteiger charge is -2.06. The van der Waals surface area contributed by atoms with E-state index in [4.69, 9.17) is 0 Å². The summed E-state index contributed by atoms with van der Waals surface area (Å²) in [5, 5.41) is 0. The van der Waals surface area contributed by atoms with E-state index < -0.39 is 0 Å². The predicted molar refractivity (Wildman–Crippen MR) is 43.3 cm³/mol. The zero-order valence-electron chi connectivity index (χ0n) is 6.91. The van der Waals surface area contributed by atoms with Gasteiger partial charge in [-0.3, -0.25) is 0 Å². The van der Waals surface area contributed by atoms with Gasteiger partial charge in [0.25, 0.3) is 0 Å².